The minimum atomic E-state index is -0.958. The van der Waals surface area contributed by atoms with Crippen molar-refractivity contribution in [3.8, 4) is 0 Å². The third-order valence-corrected chi connectivity index (χ3v) is 5.48. The number of ether oxygens (including phenoxy) is 1. The van der Waals surface area contributed by atoms with Crippen molar-refractivity contribution in [3.05, 3.63) is 83.2 Å². The van der Waals surface area contributed by atoms with Gasteiger partial charge in [-0.25, -0.2) is 14.3 Å². The highest BCUT2D eigenvalue weighted by Gasteiger charge is 2.46. The minimum absolute atomic E-state index is 0.0518. The molecule has 0 aliphatic heterocycles. The second-order valence-electron chi connectivity index (χ2n) is 9.34. The highest BCUT2D eigenvalue weighted by Crippen LogP contribution is 2.45. The number of carboxylic acid groups (broad SMARTS) is 1. The Bertz CT molecular complexity index is 1120. The van der Waals surface area contributed by atoms with E-state index in [1.54, 1.807) is 33.8 Å². The van der Waals surface area contributed by atoms with Gasteiger partial charge in [-0.05, 0) is 50.5 Å². The van der Waals surface area contributed by atoms with Crippen molar-refractivity contribution in [2.45, 2.75) is 57.8 Å². The Morgan fingerprint density at radius 3 is 2.45 bits per heavy atom. The molecule has 1 aliphatic rings. The van der Waals surface area contributed by atoms with Crippen LogP contribution in [0.2, 0.25) is 0 Å². The molecule has 0 bridgehead atoms. The Kier molecular flexibility index (Phi) is 6.18. The minimum Gasteiger partial charge on any atom is -0.478 e. The van der Waals surface area contributed by atoms with Crippen LogP contribution in [0.4, 0.5) is 4.79 Å². The Balaban J connectivity index is 1.46. The van der Waals surface area contributed by atoms with Gasteiger partial charge in [0.15, 0.2) is 0 Å². The molecule has 4 rings (SSSR count). The van der Waals surface area contributed by atoms with E-state index in [2.05, 4.69) is 22.4 Å². The molecule has 1 aliphatic carbocycles. The Labute approximate surface area is 192 Å². The molecular formula is C25H28N4O4. The second-order valence-corrected chi connectivity index (χ2v) is 9.34. The second kappa shape index (κ2) is 9.05. The van der Waals surface area contributed by atoms with Crippen LogP contribution in [0.5, 0.6) is 0 Å². The maximum atomic E-state index is 13.0. The fraction of sp³-hybridized carbons (Fsp3) is 0.360. The quantitative estimate of drug-likeness (QED) is 0.578. The van der Waals surface area contributed by atoms with Crippen LogP contribution in [0.15, 0.2) is 60.8 Å². The smallest absolute Gasteiger partial charge is 0.410 e. The molecule has 172 valence electrons. The lowest BCUT2D eigenvalue weighted by molar-refractivity contribution is 0.0210. The topological polar surface area (TPSA) is 97.5 Å². The first-order valence-electron chi connectivity index (χ1n) is 11.0. The number of aromatic nitrogens is 3. The van der Waals surface area contributed by atoms with E-state index in [1.165, 1.54) is 5.56 Å². The number of hydrogen-bond donors (Lipinski definition) is 1. The lowest BCUT2D eigenvalue weighted by Crippen LogP contribution is -2.38. The van der Waals surface area contributed by atoms with E-state index in [4.69, 9.17) is 9.84 Å². The first-order chi connectivity index (χ1) is 15.7. The number of nitrogens with zero attached hydrogens (tertiary/aromatic N) is 4. The van der Waals surface area contributed by atoms with Crippen molar-refractivity contribution in [3.63, 3.8) is 0 Å². The van der Waals surface area contributed by atoms with Crippen molar-refractivity contribution in [2.75, 3.05) is 0 Å². The van der Waals surface area contributed by atoms with E-state index in [1.807, 2.05) is 45.2 Å². The molecule has 2 unspecified atom stereocenters. The molecule has 1 N–H and O–H groups in total. The van der Waals surface area contributed by atoms with E-state index in [9.17, 15) is 9.59 Å². The first-order valence-corrected chi connectivity index (χ1v) is 11.0. The summed E-state index contributed by atoms with van der Waals surface area (Å²) in [5.41, 5.74) is 2.44. The summed E-state index contributed by atoms with van der Waals surface area (Å²) >= 11 is 0. The normalized spacial score (nSPS) is 17.4. The number of rotatable bonds is 7. The van der Waals surface area contributed by atoms with E-state index in [0.717, 1.165) is 12.0 Å². The molecule has 1 amide bonds. The average Bonchev–Trinajstić information content (AvgIpc) is 3.43. The van der Waals surface area contributed by atoms with Crippen LogP contribution in [-0.2, 0) is 17.8 Å². The van der Waals surface area contributed by atoms with Crippen LogP contribution in [0.25, 0.3) is 0 Å². The number of amides is 1. The summed E-state index contributed by atoms with van der Waals surface area (Å²) in [5, 5.41) is 17.5. The van der Waals surface area contributed by atoms with Gasteiger partial charge in [0.05, 0.1) is 24.8 Å². The van der Waals surface area contributed by atoms with Gasteiger partial charge in [-0.2, -0.15) is 0 Å². The van der Waals surface area contributed by atoms with Gasteiger partial charge in [0.2, 0.25) is 0 Å². The van der Waals surface area contributed by atoms with Crippen LogP contribution >= 0.6 is 0 Å². The van der Waals surface area contributed by atoms with Gasteiger partial charge >= 0.3 is 12.1 Å². The molecule has 3 aromatic rings. The lowest BCUT2D eigenvalue weighted by Gasteiger charge is -2.27. The molecule has 1 heterocycles. The molecule has 8 nitrogen and oxygen atoms in total. The van der Waals surface area contributed by atoms with E-state index < -0.39 is 11.6 Å². The predicted molar refractivity (Wildman–Crippen MR) is 122 cm³/mol. The predicted octanol–water partition coefficient (Wildman–Crippen LogP) is 4.32. The van der Waals surface area contributed by atoms with Gasteiger partial charge < -0.3 is 9.84 Å². The summed E-state index contributed by atoms with van der Waals surface area (Å²) in [6, 6.07) is 16.9. The molecular weight excluding hydrogens is 420 g/mol. The van der Waals surface area contributed by atoms with Gasteiger partial charge in [-0.15, -0.1) is 5.10 Å². The van der Waals surface area contributed by atoms with Gasteiger partial charge in [-0.3, -0.25) is 4.90 Å². The molecule has 33 heavy (non-hydrogen) atoms. The molecule has 0 radical (unpaired) electrons. The van der Waals surface area contributed by atoms with Gasteiger partial charge in [0, 0.05) is 12.0 Å². The van der Waals surface area contributed by atoms with Gasteiger partial charge in [0.25, 0.3) is 0 Å². The number of carbonyl (C=O) groups is 2. The zero-order chi connectivity index (χ0) is 23.6. The molecule has 8 heteroatoms. The van der Waals surface area contributed by atoms with Crippen molar-refractivity contribution in [2.24, 2.45) is 0 Å². The van der Waals surface area contributed by atoms with Crippen LogP contribution in [0.1, 0.15) is 60.3 Å². The van der Waals surface area contributed by atoms with Gasteiger partial charge in [0.1, 0.15) is 11.3 Å². The summed E-state index contributed by atoms with van der Waals surface area (Å²) < 4.78 is 7.36. The van der Waals surface area contributed by atoms with E-state index in [-0.39, 0.29) is 23.6 Å². The molecule has 1 saturated carbocycles. The fourth-order valence-corrected chi connectivity index (χ4v) is 3.82. The van der Waals surface area contributed by atoms with E-state index in [0.29, 0.717) is 18.8 Å². The van der Waals surface area contributed by atoms with Crippen LogP contribution in [0.3, 0.4) is 0 Å². The van der Waals surface area contributed by atoms with Crippen molar-refractivity contribution in [1.29, 1.82) is 0 Å². The SMILES string of the molecule is CC(C)(C)OC(=O)N(Cc1cn(Cc2ccc(C(=O)O)cc2)nn1)C1CC1c1ccccc1. The molecule has 2 atom stereocenters. The summed E-state index contributed by atoms with van der Waals surface area (Å²) in [6.45, 7) is 6.33. The maximum absolute atomic E-state index is 13.0. The molecule has 1 fully saturated rings. The van der Waals surface area contributed by atoms with Crippen molar-refractivity contribution in [1.82, 2.24) is 19.9 Å². The largest absolute Gasteiger partial charge is 0.478 e. The van der Waals surface area contributed by atoms with Crippen molar-refractivity contribution < 1.29 is 19.4 Å². The Hall–Kier alpha value is -3.68. The molecule has 0 spiro atoms. The number of carboxylic acids is 1. The third-order valence-electron chi connectivity index (χ3n) is 5.48. The average molecular weight is 449 g/mol. The van der Waals surface area contributed by atoms with Crippen LogP contribution in [0, 0.1) is 0 Å². The summed E-state index contributed by atoms with van der Waals surface area (Å²) in [7, 11) is 0. The van der Waals surface area contributed by atoms with Gasteiger partial charge in [-0.1, -0.05) is 47.7 Å². The molecule has 0 saturated heterocycles. The highest BCUT2D eigenvalue weighted by atomic mass is 16.6. The Morgan fingerprint density at radius 2 is 1.82 bits per heavy atom. The maximum Gasteiger partial charge on any atom is 0.410 e. The number of aromatic carboxylic acids is 1. The lowest BCUT2D eigenvalue weighted by atomic mass is 10.1. The number of benzene rings is 2. The van der Waals surface area contributed by atoms with Crippen LogP contribution < -0.4 is 0 Å². The third kappa shape index (κ3) is 5.77. The highest BCUT2D eigenvalue weighted by molar-refractivity contribution is 5.87. The standard InChI is InChI=1S/C25H28N4O4/c1-25(2,3)33-24(32)29(22-13-21(22)18-7-5-4-6-8-18)16-20-15-28(27-26-20)14-17-9-11-19(12-10-17)23(30)31/h4-12,15,21-22H,13-14,16H2,1-3H3,(H,30,31). The van der Waals surface area contributed by atoms with E-state index >= 15 is 0 Å². The monoisotopic (exact) mass is 448 g/mol. The molecule has 1 aromatic heterocycles. The molecule has 2 aromatic carbocycles. The zero-order valence-corrected chi connectivity index (χ0v) is 19.0. The van der Waals surface area contributed by atoms with Crippen molar-refractivity contribution >= 4 is 12.1 Å². The summed E-state index contributed by atoms with van der Waals surface area (Å²) in [5.74, 6) is -0.678. The first kappa shape index (κ1) is 22.5. The zero-order valence-electron chi connectivity index (χ0n) is 19.0. The Morgan fingerprint density at radius 1 is 1.12 bits per heavy atom. The fourth-order valence-electron chi connectivity index (χ4n) is 3.82. The van der Waals surface area contributed by atoms with Crippen LogP contribution in [-0.4, -0.2) is 48.7 Å². The number of hydrogen-bond acceptors (Lipinski definition) is 5. The number of carbonyl (C=O) groups excluding carboxylic acids is 1. The summed E-state index contributed by atoms with van der Waals surface area (Å²) in [6.07, 6.45) is 2.33. The summed E-state index contributed by atoms with van der Waals surface area (Å²) in [4.78, 5) is 25.8.